The third-order valence-electron chi connectivity index (χ3n) is 4.88. The molecule has 27 heavy (non-hydrogen) atoms. The van der Waals surface area contributed by atoms with Crippen LogP contribution >= 0.6 is 0 Å². The van der Waals surface area contributed by atoms with Crippen LogP contribution in [-0.4, -0.2) is 26.7 Å². The molecule has 1 aliphatic rings. The minimum Gasteiger partial charge on any atom is -0.494 e. The average molecular weight is 369 g/mol. The molecule has 1 N–H and O–H groups in total. The second kappa shape index (κ2) is 8.80. The van der Waals surface area contributed by atoms with E-state index in [2.05, 4.69) is 5.32 Å². The van der Waals surface area contributed by atoms with Crippen LogP contribution in [0.2, 0.25) is 0 Å². The van der Waals surface area contributed by atoms with Crippen molar-refractivity contribution in [2.24, 2.45) is 5.92 Å². The summed E-state index contributed by atoms with van der Waals surface area (Å²) in [6.07, 6.45) is 2.78. The van der Waals surface area contributed by atoms with Crippen molar-refractivity contribution in [2.45, 2.75) is 32.1 Å². The van der Waals surface area contributed by atoms with E-state index in [4.69, 9.17) is 14.2 Å². The van der Waals surface area contributed by atoms with E-state index < -0.39 is 0 Å². The zero-order valence-corrected chi connectivity index (χ0v) is 16.2. The van der Waals surface area contributed by atoms with Gasteiger partial charge in [-0.1, -0.05) is 6.07 Å². The van der Waals surface area contributed by atoms with Gasteiger partial charge >= 0.3 is 0 Å². The molecule has 5 heteroatoms. The number of methoxy groups -OCH3 is 2. The SMILES string of the molecule is CCOc1ccc(NC(=O)CC(c2ccc(OC)c(OC)c2)C2CC2)cc1. The van der Waals surface area contributed by atoms with Crippen LogP contribution in [-0.2, 0) is 4.79 Å². The number of benzene rings is 2. The van der Waals surface area contributed by atoms with Crippen LogP contribution in [0.1, 0.15) is 37.7 Å². The van der Waals surface area contributed by atoms with Crippen LogP contribution in [0, 0.1) is 5.92 Å². The molecule has 0 bridgehead atoms. The molecule has 0 aliphatic heterocycles. The van der Waals surface area contributed by atoms with Gasteiger partial charge in [-0.05, 0) is 73.6 Å². The van der Waals surface area contributed by atoms with Crippen molar-refractivity contribution in [3.63, 3.8) is 0 Å². The summed E-state index contributed by atoms with van der Waals surface area (Å²) >= 11 is 0. The van der Waals surface area contributed by atoms with Gasteiger partial charge in [0.2, 0.25) is 5.91 Å². The molecule has 2 aromatic rings. The van der Waals surface area contributed by atoms with Crippen molar-refractivity contribution >= 4 is 11.6 Å². The van der Waals surface area contributed by atoms with Crippen molar-refractivity contribution in [3.05, 3.63) is 48.0 Å². The van der Waals surface area contributed by atoms with Crippen LogP contribution in [0.3, 0.4) is 0 Å². The number of amides is 1. The van der Waals surface area contributed by atoms with Gasteiger partial charge in [0.25, 0.3) is 0 Å². The highest BCUT2D eigenvalue weighted by Crippen LogP contribution is 2.46. The molecule has 1 saturated carbocycles. The Balaban J connectivity index is 1.68. The number of hydrogen-bond donors (Lipinski definition) is 1. The Labute approximate surface area is 160 Å². The summed E-state index contributed by atoms with van der Waals surface area (Å²) < 4.78 is 16.2. The highest BCUT2D eigenvalue weighted by molar-refractivity contribution is 5.91. The predicted molar refractivity (Wildman–Crippen MR) is 106 cm³/mol. The normalized spacial score (nSPS) is 14.3. The molecular formula is C22H27NO4. The Hall–Kier alpha value is -2.69. The summed E-state index contributed by atoms with van der Waals surface area (Å²) in [5.74, 6) is 2.96. The van der Waals surface area contributed by atoms with E-state index in [1.165, 1.54) is 0 Å². The highest BCUT2D eigenvalue weighted by atomic mass is 16.5. The highest BCUT2D eigenvalue weighted by Gasteiger charge is 2.34. The van der Waals surface area contributed by atoms with Crippen LogP contribution < -0.4 is 19.5 Å². The van der Waals surface area contributed by atoms with E-state index in [1.54, 1.807) is 14.2 Å². The number of ether oxygens (including phenoxy) is 3. The van der Waals surface area contributed by atoms with Crippen LogP contribution in [0.25, 0.3) is 0 Å². The Morgan fingerprint density at radius 1 is 1.07 bits per heavy atom. The van der Waals surface area contributed by atoms with E-state index in [0.717, 1.165) is 29.8 Å². The maximum atomic E-state index is 12.6. The third-order valence-corrected chi connectivity index (χ3v) is 4.88. The topological polar surface area (TPSA) is 56.8 Å². The molecule has 0 radical (unpaired) electrons. The van der Waals surface area contributed by atoms with E-state index in [1.807, 2.05) is 49.4 Å². The number of hydrogen-bond acceptors (Lipinski definition) is 4. The number of carbonyl (C=O) groups is 1. The zero-order chi connectivity index (χ0) is 19.2. The molecule has 5 nitrogen and oxygen atoms in total. The van der Waals surface area contributed by atoms with Crippen LogP contribution in [0.15, 0.2) is 42.5 Å². The molecule has 0 spiro atoms. The molecule has 1 amide bonds. The lowest BCUT2D eigenvalue weighted by Gasteiger charge is -2.18. The van der Waals surface area contributed by atoms with Crippen molar-refractivity contribution in [1.82, 2.24) is 0 Å². The van der Waals surface area contributed by atoms with Crippen LogP contribution in [0.5, 0.6) is 17.2 Å². The van der Waals surface area contributed by atoms with E-state index >= 15 is 0 Å². The average Bonchev–Trinajstić information content (AvgIpc) is 3.52. The van der Waals surface area contributed by atoms with Gasteiger partial charge in [0.1, 0.15) is 5.75 Å². The summed E-state index contributed by atoms with van der Waals surface area (Å²) in [5, 5.41) is 2.99. The first-order valence-corrected chi connectivity index (χ1v) is 9.39. The molecule has 0 aromatic heterocycles. The molecule has 1 aliphatic carbocycles. The summed E-state index contributed by atoms with van der Waals surface area (Å²) in [6, 6.07) is 13.4. The van der Waals surface area contributed by atoms with E-state index in [9.17, 15) is 4.79 Å². The minimum atomic E-state index is 0.0193. The first-order chi connectivity index (χ1) is 13.1. The molecule has 1 unspecified atom stereocenters. The maximum Gasteiger partial charge on any atom is 0.224 e. The fraction of sp³-hybridized carbons (Fsp3) is 0.409. The van der Waals surface area contributed by atoms with Crippen molar-refractivity contribution < 1.29 is 19.0 Å². The van der Waals surface area contributed by atoms with Gasteiger partial charge in [0.15, 0.2) is 11.5 Å². The number of rotatable bonds is 9. The third kappa shape index (κ3) is 4.94. The standard InChI is InChI=1S/C22H27NO4/c1-4-27-18-10-8-17(9-11-18)23-22(24)14-19(15-5-6-15)16-7-12-20(25-2)21(13-16)26-3/h7-13,15,19H,4-6,14H2,1-3H3,(H,23,24). The first kappa shape index (κ1) is 19.1. The van der Waals surface area contributed by atoms with Gasteiger partial charge in [0.05, 0.1) is 20.8 Å². The predicted octanol–water partition coefficient (Wildman–Crippen LogP) is 4.62. The van der Waals surface area contributed by atoms with Gasteiger partial charge in [-0.25, -0.2) is 0 Å². The molecule has 144 valence electrons. The molecule has 0 saturated heterocycles. The molecule has 3 rings (SSSR count). The largest absolute Gasteiger partial charge is 0.494 e. The van der Waals surface area contributed by atoms with E-state index in [-0.39, 0.29) is 11.8 Å². The Morgan fingerprint density at radius 3 is 2.37 bits per heavy atom. The number of nitrogens with one attached hydrogen (secondary N) is 1. The summed E-state index contributed by atoms with van der Waals surface area (Å²) in [5.41, 5.74) is 1.90. The molecule has 2 aromatic carbocycles. The Kier molecular flexibility index (Phi) is 6.22. The Bertz CT molecular complexity index is 768. The van der Waals surface area contributed by atoms with Crippen molar-refractivity contribution in [3.8, 4) is 17.2 Å². The molecular weight excluding hydrogens is 342 g/mol. The lowest BCUT2D eigenvalue weighted by Crippen LogP contribution is -2.17. The van der Waals surface area contributed by atoms with Crippen molar-refractivity contribution in [2.75, 3.05) is 26.1 Å². The van der Waals surface area contributed by atoms with Gasteiger partial charge < -0.3 is 19.5 Å². The minimum absolute atomic E-state index is 0.0193. The quantitative estimate of drug-likeness (QED) is 0.700. The second-order valence-corrected chi connectivity index (χ2v) is 6.77. The van der Waals surface area contributed by atoms with E-state index in [0.29, 0.717) is 30.4 Å². The lowest BCUT2D eigenvalue weighted by molar-refractivity contribution is -0.116. The first-order valence-electron chi connectivity index (χ1n) is 9.39. The van der Waals surface area contributed by atoms with Gasteiger partial charge in [-0.15, -0.1) is 0 Å². The summed E-state index contributed by atoms with van der Waals surface area (Å²) in [4.78, 5) is 12.6. The number of carbonyl (C=O) groups excluding carboxylic acids is 1. The fourth-order valence-electron chi connectivity index (χ4n) is 3.35. The lowest BCUT2D eigenvalue weighted by atomic mass is 9.90. The molecule has 0 heterocycles. The smallest absolute Gasteiger partial charge is 0.224 e. The second-order valence-electron chi connectivity index (χ2n) is 6.77. The van der Waals surface area contributed by atoms with Gasteiger partial charge in [-0.3, -0.25) is 4.79 Å². The van der Waals surface area contributed by atoms with Gasteiger partial charge in [-0.2, -0.15) is 0 Å². The van der Waals surface area contributed by atoms with Crippen LogP contribution in [0.4, 0.5) is 5.69 Å². The summed E-state index contributed by atoms with van der Waals surface area (Å²) in [7, 11) is 3.26. The fourth-order valence-corrected chi connectivity index (χ4v) is 3.35. The molecule has 1 fully saturated rings. The molecule has 1 atom stereocenters. The monoisotopic (exact) mass is 369 g/mol. The Morgan fingerprint density at radius 2 is 1.78 bits per heavy atom. The number of anilines is 1. The summed E-state index contributed by atoms with van der Waals surface area (Å²) in [6.45, 7) is 2.57. The van der Waals surface area contributed by atoms with Crippen molar-refractivity contribution in [1.29, 1.82) is 0 Å². The maximum absolute atomic E-state index is 12.6. The zero-order valence-electron chi connectivity index (χ0n) is 16.2. The van der Waals surface area contributed by atoms with Gasteiger partial charge in [0, 0.05) is 12.1 Å².